The normalized spacial score (nSPS) is 17.7. The van der Waals surface area contributed by atoms with Crippen LogP contribution >= 0.6 is 0 Å². The van der Waals surface area contributed by atoms with Gasteiger partial charge in [-0.25, -0.2) is 4.79 Å². The molecule has 2 aliphatic heterocycles. The molecule has 1 atom stereocenters. The number of aryl methyl sites for hydroxylation is 1. The number of urea groups is 1. The first-order chi connectivity index (χ1) is 16.0. The van der Waals surface area contributed by atoms with Crippen molar-refractivity contribution in [1.82, 2.24) is 10.6 Å². The van der Waals surface area contributed by atoms with Gasteiger partial charge in [0, 0.05) is 22.6 Å². The number of imide groups is 2. The van der Waals surface area contributed by atoms with Crippen LogP contribution in [0.3, 0.4) is 0 Å². The van der Waals surface area contributed by atoms with Crippen LogP contribution in [0.15, 0.2) is 96.1 Å². The first-order valence-electron chi connectivity index (χ1n) is 10.5. The number of hydrogen-bond donors (Lipinski definition) is 2. The van der Waals surface area contributed by atoms with Gasteiger partial charge < -0.3 is 4.74 Å². The van der Waals surface area contributed by atoms with Crippen LogP contribution in [0.25, 0.3) is 5.76 Å². The molecule has 2 N–H and O–H groups in total. The van der Waals surface area contributed by atoms with Crippen molar-refractivity contribution in [3.63, 3.8) is 0 Å². The maximum atomic E-state index is 12.5. The van der Waals surface area contributed by atoms with E-state index in [0.29, 0.717) is 17.1 Å². The van der Waals surface area contributed by atoms with E-state index in [1.54, 1.807) is 0 Å². The van der Waals surface area contributed by atoms with Crippen LogP contribution in [0, 0.1) is 6.92 Å². The van der Waals surface area contributed by atoms with Gasteiger partial charge in [-0.2, -0.15) is 0 Å². The molecule has 1 saturated heterocycles. The molecule has 2 heterocycles. The molecule has 3 aromatic rings. The van der Waals surface area contributed by atoms with E-state index in [1.807, 2.05) is 85.8 Å². The highest BCUT2D eigenvalue weighted by Crippen LogP contribution is 2.46. The van der Waals surface area contributed by atoms with Gasteiger partial charge in [0.05, 0.1) is 0 Å². The summed E-state index contributed by atoms with van der Waals surface area (Å²) in [5, 5.41) is 4.29. The Morgan fingerprint density at radius 2 is 1.42 bits per heavy atom. The quantitative estimate of drug-likeness (QED) is 0.476. The zero-order chi connectivity index (χ0) is 22.9. The molecular weight excluding hydrogens is 416 g/mol. The second-order valence-corrected chi connectivity index (χ2v) is 7.93. The Labute approximate surface area is 190 Å². The number of carbonyl (C=O) groups excluding carboxylic acids is 3. The molecule has 2 aliphatic rings. The SMILES string of the molecule is Cc1ccc(C2C(C=C3C(=O)NC(=O)NC3=O)=C(c3ccccc3)Oc3ccccc32)cc1. The second-order valence-electron chi connectivity index (χ2n) is 7.93. The van der Waals surface area contributed by atoms with Gasteiger partial charge in [0.15, 0.2) is 0 Å². The lowest BCUT2D eigenvalue weighted by molar-refractivity contribution is -0.124. The van der Waals surface area contributed by atoms with E-state index >= 15 is 0 Å². The lowest BCUT2D eigenvalue weighted by Gasteiger charge is -2.31. The molecule has 0 saturated carbocycles. The third-order valence-electron chi connectivity index (χ3n) is 5.71. The van der Waals surface area contributed by atoms with Crippen molar-refractivity contribution in [2.24, 2.45) is 0 Å². The third-order valence-corrected chi connectivity index (χ3v) is 5.71. The molecule has 33 heavy (non-hydrogen) atoms. The van der Waals surface area contributed by atoms with E-state index in [-0.39, 0.29) is 11.5 Å². The second kappa shape index (κ2) is 8.24. The van der Waals surface area contributed by atoms with Crippen LogP contribution in [-0.2, 0) is 9.59 Å². The summed E-state index contributed by atoms with van der Waals surface area (Å²) in [6, 6.07) is 24.5. The molecule has 0 bridgehead atoms. The van der Waals surface area contributed by atoms with Crippen molar-refractivity contribution < 1.29 is 19.1 Å². The fourth-order valence-corrected chi connectivity index (χ4v) is 4.12. The average molecular weight is 436 g/mol. The third kappa shape index (κ3) is 3.83. The monoisotopic (exact) mass is 436 g/mol. The number of ether oxygens (including phenoxy) is 1. The predicted octanol–water partition coefficient (Wildman–Crippen LogP) is 4.22. The largest absolute Gasteiger partial charge is 0.456 e. The molecule has 0 radical (unpaired) electrons. The van der Waals surface area contributed by atoms with Crippen LogP contribution in [0.2, 0.25) is 0 Å². The molecule has 5 rings (SSSR count). The van der Waals surface area contributed by atoms with E-state index in [9.17, 15) is 14.4 Å². The molecule has 6 nitrogen and oxygen atoms in total. The molecule has 162 valence electrons. The standard InChI is InChI=1S/C27H20N2O4/c1-16-11-13-17(14-12-16)23-19-9-5-6-10-22(19)33-24(18-7-3-2-4-8-18)20(23)15-21-25(30)28-27(32)29-26(21)31/h2-15,23H,1H3,(H2,28,29,30,31,32). The molecule has 1 fully saturated rings. The van der Waals surface area contributed by atoms with E-state index in [4.69, 9.17) is 4.74 Å². The first-order valence-corrected chi connectivity index (χ1v) is 10.5. The summed E-state index contributed by atoms with van der Waals surface area (Å²) < 4.78 is 6.34. The van der Waals surface area contributed by atoms with Crippen molar-refractivity contribution >= 4 is 23.6 Å². The smallest absolute Gasteiger partial charge is 0.328 e. The van der Waals surface area contributed by atoms with Gasteiger partial charge in [0.25, 0.3) is 11.8 Å². The van der Waals surface area contributed by atoms with Crippen LogP contribution < -0.4 is 15.4 Å². The average Bonchev–Trinajstić information content (AvgIpc) is 2.82. The number of barbiturate groups is 1. The molecular formula is C27H20N2O4. The van der Waals surface area contributed by atoms with Gasteiger partial charge >= 0.3 is 6.03 Å². The number of rotatable bonds is 3. The highest BCUT2D eigenvalue weighted by molar-refractivity contribution is 6.29. The number of fused-ring (bicyclic) bond motifs is 1. The Kier molecular flexibility index (Phi) is 5.11. The lowest BCUT2D eigenvalue weighted by atomic mass is 9.80. The van der Waals surface area contributed by atoms with E-state index in [2.05, 4.69) is 10.6 Å². The number of benzene rings is 3. The first kappa shape index (κ1) is 20.5. The Bertz CT molecular complexity index is 1320. The molecule has 0 spiro atoms. The Hall–Kier alpha value is -4.45. The van der Waals surface area contributed by atoms with Gasteiger partial charge in [0.1, 0.15) is 17.1 Å². The molecule has 0 aliphatic carbocycles. The molecule has 0 aromatic heterocycles. The van der Waals surface area contributed by atoms with E-state index in [1.165, 1.54) is 6.08 Å². The van der Waals surface area contributed by atoms with Crippen LogP contribution in [0.5, 0.6) is 5.75 Å². The molecule has 6 heteroatoms. The summed E-state index contributed by atoms with van der Waals surface area (Å²) in [4.78, 5) is 36.6. The predicted molar refractivity (Wildman–Crippen MR) is 123 cm³/mol. The van der Waals surface area contributed by atoms with Crippen molar-refractivity contribution in [2.75, 3.05) is 0 Å². The number of hydrogen-bond acceptors (Lipinski definition) is 4. The Morgan fingerprint density at radius 3 is 2.12 bits per heavy atom. The number of nitrogens with one attached hydrogen (secondary N) is 2. The number of carbonyl (C=O) groups is 3. The maximum absolute atomic E-state index is 12.5. The summed E-state index contributed by atoms with van der Waals surface area (Å²) in [6.45, 7) is 2.02. The zero-order valence-electron chi connectivity index (χ0n) is 17.8. The zero-order valence-corrected chi connectivity index (χ0v) is 17.8. The van der Waals surface area contributed by atoms with Crippen molar-refractivity contribution in [2.45, 2.75) is 12.8 Å². The minimum absolute atomic E-state index is 0.155. The summed E-state index contributed by atoms with van der Waals surface area (Å²) in [5.74, 6) is -0.534. The lowest BCUT2D eigenvalue weighted by Crippen LogP contribution is -2.51. The fraction of sp³-hybridized carbons (Fsp3) is 0.0741. The van der Waals surface area contributed by atoms with Gasteiger partial charge in [-0.1, -0.05) is 78.4 Å². The summed E-state index contributed by atoms with van der Waals surface area (Å²) in [5.41, 5.74) is 4.33. The van der Waals surface area contributed by atoms with E-state index in [0.717, 1.165) is 22.3 Å². The highest BCUT2D eigenvalue weighted by atomic mass is 16.5. The minimum Gasteiger partial charge on any atom is -0.456 e. The Morgan fingerprint density at radius 1 is 0.788 bits per heavy atom. The molecule has 4 amide bonds. The van der Waals surface area contributed by atoms with Crippen molar-refractivity contribution in [3.05, 3.63) is 118 Å². The number of allylic oxidation sites excluding steroid dienone is 2. The highest BCUT2D eigenvalue weighted by Gasteiger charge is 2.34. The fourth-order valence-electron chi connectivity index (χ4n) is 4.12. The van der Waals surface area contributed by atoms with Crippen molar-refractivity contribution in [1.29, 1.82) is 0 Å². The summed E-state index contributed by atoms with van der Waals surface area (Å²) in [6.07, 6.45) is 1.53. The summed E-state index contributed by atoms with van der Waals surface area (Å²) in [7, 11) is 0. The van der Waals surface area contributed by atoms with Gasteiger partial charge in [-0.3, -0.25) is 20.2 Å². The number of para-hydroxylation sites is 1. The molecule has 1 unspecified atom stereocenters. The van der Waals surface area contributed by atoms with E-state index < -0.39 is 17.8 Å². The molecule has 3 aromatic carbocycles. The van der Waals surface area contributed by atoms with Crippen LogP contribution in [-0.4, -0.2) is 17.8 Å². The van der Waals surface area contributed by atoms with Crippen LogP contribution in [0.1, 0.15) is 28.2 Å². The topological polar surface area (TPSA) is 84.5 Å². The summed E-state index contributed by atoms with van der Waals surface area (Å²) >= 11 is 0. The maximum Gasteiger partial charge on any atom is 0.328 e. The van der Waals surface area contributed by atoms with Gasteiger partial charge in [-0.15, -0.1) is 0 Å². The van der Waals surface area contributed by atoms with Crippen LogP contribution in [0.4, 0.5) is 4.79 Å². The van der Waals surface area contributed by atoms with Crippen molar-refractivity contribution in [3.8, 4) is 5.75 Å². The minimum atomic E-state index is -0.834. The Balaban J connectivity index is 1.78. The van der Waals surface area contributed by atoms with Gasteiger partial charge in [-0.05, 0) is 24.6 Å². The van der Waals surface area contributed by atoms with Gasteiger partial charge in [0.2, 0.25) is 0 Å². The number of amides is 4.